The maximum absolute atomic E-state index is 9.44. The number of methoxy groups -OCH3 is 3. The van der Waals surface area contributed by atoms with E-state index in [0.717, 1.165) is 12.1 Å². The van der Waals surface area contributed by atoms with Crippen LogP contribution in [0.5, 0.6) is 17.2 Å². The van der Waals surface area contributed by atoms with Crippen molar-refractivity contribution < 1.29 is 19.3 Å². The van der Waals surface area contributed by atoms with E-state index in [1.807, 2.05) is 19.1 Å². The Morgan fingerprint density at radius 2 is 1.65 bits per heavy atom. The Hall–Kier alpha value is -1.62. The van der Waals surface area contributed by atoms with E-state index < -0.39 is 0 Å². The summed E-state index contributed by atoms with van der Waals surface area (Å²) in [5, 5.41) is 12.7. The number of anilines is 1. The first kappa shape index (κ1) is 16.4. The Morgan fingerprint density at radius 3 is 2.00 bits per heavy atom. The molecule has 0 saturated heterocycles. The van der Waals surface area contributed by atoms with Crippen molar-refractivity contribution in [2.24, 2.45) is 5.41 Å². The van der Waals surface area contributed by atoms with Gasteiger partial charge >= 0.3 is 0 Å². The molecule has 0 heterocycles. The summed E-state index contributed by atoms with van der Waals surface area (Å²) in [4.78, 5) is 0. The van der Waals surface area contributed by atoms with Gasteiger partial charge in [-0.15, -0.1) is 0 Å². The maximum atomic E-state index is 9.44. The lowest BCUT2D eigenvalue weighted by Gasteiger charge is -2.26. The number of rotatable bonds is 8. The summed E-state index contributed by atoms with van der Waals surface area (Å²) in [6.07, 6.45) is 0.890. The predicted molar refractivity (Wildman–Crippen MR) is 80.1 cm³/mol. The van der Waals surface area contributed by atoms with Crippen LogP contribution in [0.3, 0.4) is 0 Å². The standard InChI is InChI=1S/C15H25NO4/c1-6-15(2,10-17)9-16-11-7-12(18-3)14(20-5)13(8-11)19-4/h7-8,16-17H,6,9-10H2,1-5H3. The zero-order chi connectivity index (χ0) is 15.2. The average Bonchev–Trinajstić information content (AvgIpc) is 2.51. The highest BCUT2D eigenvalue weighted by molar-refractivity contribution is 5.62. The number of aliphatic hydroxyl groups excluding tert-OH is 1. The van der Waals surface area contributed by atoms with E-state index in [1.54, 1.807) is 21.3 Å². The first-order chi connectivity index (χ1) is 9.53. The average molecular weight is 283 g/mol. The molecule has 1 aromatic carbocycles. The second kappa shape index (κ2) is 7.24. The number of ether oxygens (including phenoxy) is 3. The fourth-order valence-corrected chi connectivity index (χ4v) is 1.79. The molecular weight excluding hydrogens is 258 g/mol. The molecule has 0 amide bonds. The Balaban J connectivity index is 2.96. The summed E-state index contributed by atoms with van der Waals surface area (Å²) in [7, 11) is 4.75. The van der Waals surface area contributed by atoms with Crippen molar-refractivity contribution in [1.82, 2.24) is 0 Å². The Kier molecular flexibility index (Phi) is 5.95. The zero-order valence-corrected chi connectivity index (χ0v) is 12.9. The minimum absolute atomic E-state index is 0.140. The van der Waals surface area contributed by atoms with E-state index in [0.29, 0.717) is 23.8 Å². The van der Waals surface area contributed by atoms with Crippen LogP contribution in [0, 0.1) is 5.41 Å². The zero-order valence-electron chi connectivity index (χ0n) is 12.9. The molecule has 5 nitrogen and oxygen atoms in total. The van der Waals surface area contributed by atoms with Gasteiger partial charge in [0.1, 0.15) is 0 Å². The van der Waals surface area contributed by atoms with Crippen molar-refractivity contribution in [3.05, 3.63) is 12.1 Å². The van der Waals surface area contributed by atoms with Gasteiger partial charge in [-0.1, -0.05) is 13.8 Å². The van der Waals surface area contributed by atoms with Crippen LogP contribution >= 0.6 is 0 Å². The third-order valence-electron chi connectivity index (χ3n) is 3.62. The van der Waals surface area contributed by atoms with E-state index in [1.165, 1.54) is 0 Å². The van der Waals surface area contributed by atoms with Gasteiger partial charge in [0.05, 0.1) is 27.9 Å². The first-order valence-corrected chi connectivity index (χ1v) is 6.68. The Bertz CT molecular complexity index is 405. The van der Waals surface area contributed by atoms with Gasteiger partial charge in [-0.3, -0.25) is 0 Å². The molecule has 0 bridgehead atoms. The Morgan fingerprint density at radius 1 is 1.10 bits per heavy atom. The SMILES string of the molecule is CCC(C)(CO)CNc1cc(OC)c(OC)c(OC)c1. The predicted octanol–water partition coefficient (Wildman–Crippen LogP) is 2.53. The maximum Gasteiger partial charge on any atom is 0.203 e. The molecule has 0 radical (unpaired) electrons. The lowest BCUT2D eigenvalue weighted by Crippen LogP contribution is -2.29. The van der Waals surface area contributed by atoms with Crippen LogP contribution in [0.1, 0.15) is 20.3 Å². The van der Waals surface area contributed by atoms with Crippen molar-refractivity contribution >= 4 is 5.69 Å². The van der Waals surface area contributed by atoms with Gasteiger partial charge in [0.15, 0.2) is 11.5 Å². The summed E-state index contributed by atoms with van der Waals surface area (Å²) in [5.41, 5.74) is 0.716. The van der Waals surface area contributed by atoms with Crippen LogP contribution in [-0.4, -0.2) is 39.6 Å². The molecule has 1 unspecified atom stereocenters. The normalized spacial score (nSPS) is 13.5. The molecule has 20 heavy (non-hydrogen) atoms. The summed E-state index contributed by atoms with van der Waals surface area (Å²) in [6, 6.07) is 3.71. The second-order valence-electron chi connectivity index (χ2n) is 5.09. The largest absolute Gasteiger partial charge is 0.493 e. The molecule has 5 heteroatoms. The summed E-state index contributed by atoms with van der Waals surface area (Å²) >= 11 is 0. The molecular formula is C15H25NO4. The quantitative estimate of drug-likeness (QED) is 0.767. The fraction of sp³-hybridized carbons (Fsp3) is 0.600. The van der Waals surface area contributed by atoms with Crippen LogP contribution in [0.2, 0.25) is 0 Å². The number of aliphatic hydroxyl groups is 1. The molecule has 0 saturated carbocycles. The lowest BCUT2D eigenvalue weighted by molar-refractivity contribution is 0.149. The highest BCUT2D eigenvalue weighted by Gasteiger charge is 2.21. The van der Waals surface area contributed by atoms with E-state index in [4.69, 9.17) is 14.2 Å². The van der Waals surface area contributed by atoms with Gasteiger partial charge in [-0.25, -0.2) is 0 Å². The molecule has 0 aliphatic heterocycles. The van der Waals surface area contributed by atoms with Crippen molar-refractivity contribution in [3.63, 3.8) is 0 Å². The van der Waals surface area contributed by atoms with Crippen molar-refractivity contribution in [3.8, 4) is 17.2 Å². The van der Waals surface area contributed by atoms with Gasteiger partial charge in [0, 0.05) is 29.8 Å². The number of hydrogen-bond donors (Lipinski definition) is 2. The topological polar surface area (TPSA) is 60.0 Å². The minimum atomic E-state index is -0.152. The van der Waals surface area contributed by atoms with Gasteiger partial charge in [0.2, 0.25) is 5.75 Å². The first-order valence-electron chi connectivity index (χ1n) is 6.68. The number of nitrogens with one attached hydrogen (secondary N) is 1. The molecule has 1 rings (SSSR count). The Labute approximate surface area is 120 Å². The van der Waals surface area contributed by atoms with Gasteiger partial charge in [-0.05, 0) is 6.42 Å². The number of hydrogen-bond acceptors (Lipinski definition) is 5. The molecule has 1 atom stereocenters. The second-order valence-corrected chi connectivity index (χ2v) is 5.09. The summed E-state index contributed by atoms with van der Waals surface area (Å²) in [6.45, 7) is 4.91. The van der Waals surface area contributed by atoms with Crippen molar-refractivity contribution in [2.45, 2.75) is 20.3 Å². The van der Waals surface area contributed by atoms with Crippen molar-refractivity contribution in [2.75, 3.05) is 39.8 Å². The molecule has 0 aliphatic carbocycles. The van der Waals surface area contributed by atoms with Gasteiger partial charge < -0.3 is 24.6 Å². The van der Waals surface area contributed by atoms with Crippen LogP contribution < -0.4 is 19.5 Å². The van der Waals surface area contributed by atoms with E-state index in [9.17, 15) is 5.11 Å². The van der Waals surface area contributed by atoms with Crippen LogP contribution in [0.15, 0.2) is 12.1 Å². The monoisotopic (exact) mass is 283 g/mol. The number of benzene rings is 1. The van der Waals surface area contributed by atoms with E-state index >= 15 is 0 Å². The highest BCUT2D eigenvalue weighted by atomic mass is 16.5. The smallest absolute Gasteiger partial charge is 0.203 e. The highest BCUT2D eigenvalue weighted by Crippen LogP contribution is 2.40. The van der Waals surface area contributed by atoms with Crippen LogP contribution in [0.25, 0.3) is 0 Å². The fourth-order valence-electron chi connectivity index (χ4n) is 1.79. The molecule has 1 aromatic rings. The summed E-state index contributed by atoms with van der Waals surface area (Å²) < 4.78 is 15.9. The molecule has 114 valence electrons. The van der Waals surface area contributed by atoms with Gasteiger partial charge in [0.25, 0.3) is 0 Å². The lowest BCUT2D eigenvalue weighted by atomic mass is 9.88. The molecule has 2 N–H and O–H groups in total. The van der Waals surface area contributed by atoms with E-state index in [-0.39, 0.29) is 12.0 Å². The molecule has 0 spiro atoms. The minimum Gasteiger partial charge on any atom is -0.493 e. The van der Waals surface area contributed by atoms with Crippen molar-refractivity contribution in [1.29, 1.82) is 0 Å². The summed E-state index contributed by atoms with van der Waals surface area (Å²) in [5.74, 6) is 1.79. The van der Waals surface area contributed by atoms with Gasteiger partial charge in [-0.2, -0.15) is 0 Å². The molecule has 0 aromatic heterocycles. The molecule has 0 fully saturated rings. The van der Waals surface area contributed by atoms with Crippen LogP contribution in [-0.2, 0) is 0 Å². The van der Waals surface area contributed by atoms with Crippen LogP contribution in [0.4, 0.5) is 5.69 Å². The molecule has 0 aliphatic rings. The van der Waals surface area contributed by atoms with E-state index in [2.05, 4.69) is 12.2 Å². The third kappa shape index (κ3) is 3.70. The third-order valence-corrected chi connectivity index (χ3v) is 3.62.